The van der Waals surface area contributed by atoms with Crippen molar-refractivity contribution in [3.8, 4) is 0 Å². The highest BCUT2D eigenvalue weighted by molar-refractivity contribution is 4.83. The Hall–Kier alpha value is -0.0400. The van der Waals surface area contributed by atoms with Gasteiger partial charge < -0.3 is 5.32 Å². The molecule has 0 amide bonds. The summed E-state index contributed by atoms with van der Waals surface area (Å²) in [6.07, 6.45) is 11.1. The molecule has 1 fully saturated rings. The fraction of sp³-hybridized carbons (Fsp3) is 1.00. The van der Waals surface area contributed by atoms with Crippen LogP contribution < -0.4 is 5.32 Å². The van der Waals surface area contributed by atoms with E-state index in [1.54, 1.807) is 0 Å². The van der Waals surface area contributed by atoms with Crippen LogP contribution >= 0.6 is 0 Å². The maximum absolute atomic E-state index is 3.98. The van der Waals surface area contributed by atoms with E-state index in [2.05, 4.69) is 39.9 Å². The average molecular weight is 268 g/mol. The Morgan fingerprint density at radius 2 is 1.63 bits per heavy atom. The smallest absolute Gasteiger partial charge is 0.0123 e. The molecule has 0 bridgehead atoms. The molecule has 1 rings (SSSR count). The maximum Gasteiger partial charge on any atom is 0.0123 e. The van der Waals surface area contributed by atoms with Crippen molar-refractivity contribution in [1.82, 2.24) is 5.32 Å². The van der Waals surface area contributed by atoms with Crippen LogP contribution in [0.4, 0.5) is 0 Å². The summed E-state index contributed by atoms with van der Waals surface area (Å²) in [6.45, 7) is 12.0. The monoisotopic (exact) mass is 267 g/mol. The van der Waals surface area contributed by atoms with E-state index in [9.17, 15) is 0 Å². The molecule has 0 spiro atoms. The lowest BCUT2D eigenvalue weighted by Crippen LogP contribution is -2.45. The van der Waals surface area contributed by atoms with E-state index in [4.69, 9.17) is 0 Å². The van der Waals surface area contributed by atoms with Gasteiger partial charge in [0.15, 0.2) is 0 Å². The largest absolute Gasteiger partial charge is 0.311 e. The first-order valence-corrected chi connectivity index (χ1v) is 8.84. The van der Waals surface area contributed by atoms with Gasteiger partial charge in [-0.1, -0.05) is 66.2 Å². The van der Waals surface area contributed by atoms with E-state index in [1.165, 1.54) is 51.4 Å². The Balaban J connectivity index is 2.71. The van der Waals surface area contributed by atoms with Crippen molar-refractivity contribution in [2.45, 2.75) is 98.1 Å². The standard InChI is InChI=1S/C18H37N/c1-6-15(4)18-17(7-2)13-9-11-14(3)10-8-12-16(5)19-18/h14-19H,6-13H2,1-5H3. The number of nitrogens with one attached hydrogen (secondary N) is 1. The Morgan fingerprint density at radius 3 is 2.21 bits per heavy atom. The lowest BCUT2D eigenvalue weighted by atomic mass is 9.82. The molecule has 5 atom stereocenters. The lowest BCUT2D eigenvalue weighted by Gasteiger charge is -2.34. The highest BCUT2D eigenvalue weighted by Gasteiger charge is 2.26. The normalized spacial score (nSPS) is 36.5. The van der Waals surface area contributed by atoms with Crippen molar-refractivity contribution in [2.75, 3.05) is 0 Å². The highest BCUT2D eigenvalue weighted by Crippen LogP contribution is 2.28. The molecule has 114 valence electrons. The zero-order chi connectivity index (χ0) is 14.3. The topological polar surface area (TPSA) is 12.0 Å². The Kier molecular flexibility index (Phi) is 8.06. The van der Waals surface area contributed by atoms with Gasteiger partial charge in [0.25, 0.3) is 0 Å². The summed E-state index contributed by atoms with van der Waals surface area (Å²) < 4.78 is 0. The molecule has 1 aliphatic rings. The number of rotatable bonds is 3. The first kappa shape index (κ1) is 17.0. The second-order valence-corrected chi connectivity index (χ2v) is 7.11. The van der Waals surface area contributed by atoms with Crippen LogP contribution in [0, 0.1) is 17.8 Å². The van der Waals surface area contributed by atoms with E-state index >= 15 is 0 Å². The molecule has 5 unspecified atom stereocenters. The highest BCUT2D eigenvalue weighted by atomic mass is 15.0. The third kappa shape index (κ3) is 5.85. The fourth-order valence-corrected chi connectivity index (χ4v) is 3.71. The minimum Gasteiger partial charge on any atom is -0.311 e. The SMILES string of the molecule is CCC(C)C1NC(C)CCCC(C)CCCC1CC. The predicted octanol–water partition coefficient (Wildman–Crippen LogP) is 5.40. The van der Waals surface area contributed by atoms with Crippen LogP contribution in [-0.4, -0.2) is 12.1 Å². The van der Waals surface area contributed by atoms with Gasteiger partial charge in [0.2, 0.25) is 0 Å². The van der Waals surface area contributed by atoms with Crippen LogP contribution in [0.2, 0.25) is 0 Å². The van der Waals surface area contributed by atoms with Gasteiger partial charge in [-0.15, -0.1) is 0 Å². The summed E-state index contributed by atoms with van der Waals surface area (Å²) in [5.41, 5.74) is 0. The van der Waals surface area contributed by atoms with E-state index in [0.717, 1.165) is 23.8 Å². The van der Waals surface area contributed by atoms with Crippen LogP contribution in [0.25, 0.3) is 0 Å². The summed E-state index contributed by atoms with van der Waals surface area (Å²) >= 11 is 0. The van der Waals surface area contributed by atoms with Crippen molar-refractivity contribution < 1.29 is 0 Å². The molecule has 1 saturated heterocycles. The van der Waals surface area contributed by atoms with Gasteiger partial charge in [-0.3, -0.25) is 0 Å². The summed E-state index contributed by atoms with van der Waals surface area (Å²) in [4.78, 5) is 0. The molecular formula is C18H37N. The maximum atomic E-state index is 3.98. The second-order valence-electron chi connectivity index (χ2n) is 7.11. The quantitative estimate of drug-likeness (QED) is 0.722. The third-order valence-electron chi connectivity index (χ3n) is 5.37. The van der Waals surface area contributed by atoms with Crippen molar-refractivity contribution in [2.24, 2.45) is 17.8 Å². The van der Waals surface area contributed by atoms with Gasteiger partial charge in [-0.25, -0.2) is 0 Å². The van der Waals surface area contributed by atoms with Crippen LogP contribution in [-0.2, 0) is 0 Å². The third-order valence-corrected chi connectivity index (χ3v) is 5.37. The van der Waals surface area contributed by atoms with Crippen LogP contribution in [0.1, 0.15) is 86.0 Å². The van der Waals surface area contributed by atoms with Gasteiger partial charge in [0.05, 0.1) is 0 Å². The summed E-state index contributed by atoms with van der Waals surface area (Å²) in [6, 6.07) is 1.43. The molecular weight excluding hydrogens is 230 g/mol. The second kappa shape index (κ2) is 9.00. The van der Waals surface area contributed by atoms with Gasteiger partial charge >= 0.3 is 0 Å². The Morgan fingerprint density at radius 1 is 1.00 bits per heavy atom. The number of hydrogen-bond acceptors (Lipinski definition) is 1. The van der Waals surface area contributed by atoms with Gasteiger partial charge in [0.1, 0.15) is 0 Å². The van der Waals surface area contributed by atoms with Crippen molar-refractivity contribution in [1.29, 1.82) is 0 Å². The molecule has 0 aromatic heterocycles. The minimum atomic E-state index is 0.693. The van der Waals surface area contributed by atoms with Crippen molar-refractivity contribution in [3.05, 3.63) is 0 Å². The van der Waals surface area contributed by atoms with E-state index in [1.807, 2.05) is 0 Å². The molecule has 0 saturated carbocycles. The molecule has 0 aromatic carbocycles. The predicted molar refractivity (Wildman–Crippen MR) is 86.5 cm³/mol. The lowest BCUT2D eigenvalue weighted by molar-refractivity contribution is 0.222. The van der Waals surface area contributed by atoms with E-state index in [-0.39, 0.29) is 0 Å². The molecule has 1 N–H and O–H groups in total. The summed E-state index contributed by atoms with van der Waals surface area (Å²) in [5, 5.41) is 3.98. The summed E-state index contributed by atoms with van der Waals surface area (Å²) in [7, 11) is 0. The zero-order valence-electron chi connectivity index (χ0n) is 14.0. The average Bonchev–Trinajstić information content (AvgIpc) is 2.42. The number of hydrogen-bond donors (Lipinski definition) is 1. The molecule has 0 aliphatic carbocycles. The van der Waals surface area contributed by atoms with Crippen LogP contribution in [0.3, 0.4) is 0 Å². The van der Waals surface area contributed by atoms with E-state index in [0.29, 0.717) is 6.04 Å². The van der Waals surface area contributed by atoms with Crippen molar-refractivity contribution >= 4 is 0 Å². The molecule has 0 aromatic rings. The zero-order valence-corrected chi connectivity index (χ0v) is 14.0. The fourth-order valence-electron chi connectivity index (χ4n) is 3.71. The summed E-state index contributed by atoms with van der Waals surface area (Å²) in [5.74, 6) is 2.62. The molecule has 19 heavy (non-hydrogen) atoms. The molecule has 1 aliphatic heterocycles. The van der Waals surface area contributed by atoms with Gasteiger partial charge in [-0.05, 0) is 37.5 Å². The van der Waals surface area contributed by atoms with E-state index < -0.39 is 0 Å². The first-order valence-electron chi connectivity index (χ1n) is 8.84. The van der Waals surface area contributed by atoms with Crippen LogP contribution in [0.15, 0.2) is 0 Å². The molecule has 1 nitrogen and oxygen atoms in total. The Labute approximate surface area is 121 Å². The first-order chi connectivity index (χ1) is 9.08. The van der Waals surface area contributed by atoms with Crippen LogP contribution in [0.5, 0.6) is 0 Å². The van der Waals surface area contributed by atoms with Gasteiger partial charge in [0, 0.05) is 12.1 Å². The van der Waals surface area contributed by atoms with Gasteiger partial charge in [-0.2, -0.15) is 0 Å². The molecule has 0 radical (unpaired) electrons. The Bertz CT molecular complexity index is 226. The minimum absolute atomic E-state index is 0.693. The van der Waals surface area contributed by atoms with Crippen molar-refractivity contribution in [3.63, 3.8) is 0 Å². The molecule has 1 heterocycles. The molecule has 1 heteroatoms.